The summed E-state index contributed by atoms with van der Waals surface area (Å²) >= 11 is 0. The van der Waals surface area contributed by atoms with Gasteiger partial charge in [0.2, 0.25) is 0 Å². The van der Waals surface area contributed by atoms with Crippen LogP contribution in [-0.2, 0) is 0 Å². The third-order valence-electron chi connectivity index (χ3n) is 2.00. The minimum absolute atomic E-state index is 0.133. The number of allylic oxidation sites excluding steroid dienone is 2. The van der Waals surface area contributed by atoms with Gasteiger partial charge in [0.15, 0.2) is 0 Å². The Hall–Kier alpha value is -1.51. The fourth-order valence-corrected chi connectivity index (χ4v) is 1.11. The molecule has 0 saturated heterocycles. The zero-order valence-corrected chi connectivity index (χ0v) is 8.31. The summed E-state index contributed by atoms with van der Waals surface area (Å²) in [6, 6.07) is 8.84. The summed E-state index contributed by atoms with van der Waals surface area (Å²) in [5, 5.41) is 0. The Balaban J connectivity index is 2.91. The van der Waals surface area contributed by atoms with Crippen LogP contribution in [0.3, 0.4) is 0 Å². The van der Waals surface area contributed by atoms with E-state index in [9.17, 15) is 13.2 Å². The first kappa shape index (κ1) is 11.6. The van der Waals surface area contributed by atoms with Gasteiger partial charge < -0.3 is 0 Å². The Labute approximate surface area is 86.7 Å². The molecule has 0 N–H and O–H groups in total. The molecule has 0 bridgehead atoms. The third-order valence-corrected chi connectivity index (χ3v) is 2.00. The van der Waals surface area contributed by atoms with Crippen LogP contribution in [0.5, 0.6) is 0 Å². The smallest absolute Gasteiger partial charge is 0.166 e. The van der Waals surface area contributed by atoms with Crippen molar-refractivity contribution >= 4 is 6.08 Å². The lowest BCUT2D eigenvalue weighted by Crippen LogP contribution is -2.11. The van der Waals surface area contributed by atoms with Crippen LogP contribution in [0.25, 0.3) is 6.08 Å². The van der Waals surface area contributed by atoms with Crippen LogP contribution >= 0.6 is 0 Å². The van der Waals surface area contributed by atoms with Crippen molar-refractivity contribution in [1.29, 1.82) is 0 Å². The van der Waals surface area contributed by atoms with Crippen molar-refractivity contribution in [2.75, 3.05) is 0 Å². The number of halogens is 3. The van der Waals surface area contributed by atoms with E-state index >= 15 is 0 Å². The van der Waals surface area contributed by atoms with E-state index in [1.807, 2.05) is 6.07 Å². The maximum Gasteiger partial charge on any atom is 0.416 e. The summed E-state index contributed by atoms with van der Waals surface area (Å²) in [7, 11) is 0. The number of hydrogen-bond donors (Lipinski definition) is 0. The fraction of sp³-hybridized carbons (Fsp3) is 0.167. The van der Waals surface area contributed by atoms with Crippen molar-refractivity contribution in [2.24, 2.45) is 0 Å². The van der Waals surface area contributed by atoms with Crippen molar-refractivity contribution in [3.8, 4) is 0 Å². The number of hydrogen-bond acceptors (Lipinski definition) is 0. The highest BCUT2D eigenvalue weighted by atomic mass is 19.4. The van der Waals surface area contributed by atoms with Gasteiger partial charge in [0.25, 0.3) is 0 Å². The van der Waals surface area contributed by atoms with E-state index < -0.39 is 11.7 Å². The monoisotopic (exact) mass is 212 g/mol. The largest absolute Gasteiger partial charge is 0.416 e. The molecule has 0 aromatic heterocycles. The first-order valence-corrected chi connectivity index (χ1v) is 4.41. The van der Waals surface area contributed by atoms with E-state index in [1.165, 1.54) is 13.0 Å². The molecule has 1 rings (SSSR count). The third kappa shape index (κ3) is 3.27. The molecule has 15 heavy (non-hydrogen) atoms. The molecule has 0 aliphatic carbocycles. The Morgan fingerprint density at radius 2 is 1.73 bits per heavy atom. The molecule has 80 valence electrons. The molecule has 3 heteroatoms. The lowest BCUT2D eigenvalue weighted by Gasteiger charge is -2.10. The molecule has 0 unspecified atom stereocenters. The average Bonchev–Trinajstić information content (AvgIpc) is 2.16. The van der Waals surface area contributed by atoms with Gasteiger partial charge in [-0.1, -0.05) is 43.0 Å². The van der Waals surface area contributed by atoms with Crippen LogP contribution in [0, 0.1) is 0 Å². The van der Waals surface area contributed by atoms with Gasteiger partial charge >= 0.3 is 6.18 Å². The van der Waals surface area contributed by atoms with Crippen LogP contribution < -0.4 is 0 Å². The van der Waals surface area contributed by atoms with Crippen molar-refractivity contribution in [1.82, 2.24) is 0 Å². The van der Waals surface area contributed by atoms with Gasteiger partial charge in [0.05, 0.1) is 5.57 Å². The van der Waals surface area contributed by atoms with Gasteiger partial charge in [-0.25, -0.2) is 0 Å². The molecular weight excluding hydrogens is 201 g/mol. The van der Waals surface area contributed by atoms with Crippen LogP contribution in [0.2, 0.25) is 0 Å². The van der Waals surface area contributed by atoms with Crippen molar-refractivity contribution in [2.45, 2.75) is 13.1 Å². The van der Waals surface area contributed by atoms with Gasteiger partial charge in [-0.3, -0.25) is 0 Å². The minimum Gasteiger partial charge on any atom is -0.166 e. The summed E-state index contributed by atoms with van der Waals surface area (Å²) in [6.07, 6.45) is -2.88. The summed E-state index contributed by atoms with van der Waals surface area (Å²) in [6.45, 7) is 4.43. The first-order chi connectivity index (χ1) is 6.91. The van der Waals surface area contributed by atoms with Gasteiger partial charge in [-0.2, -0.15) is 13.2 Å². The van der Waals surface area contributed by atoms with Crippen molar-refractivity contribution in [3.05, 3.63) is 53.6 Å². The van der Waals surface area contributed by atoms with Gasteiger partial charge in [0, 0.05) is 0 Å². The predicted molar refractivity (Wildman–Crippen MR) is 55.3 cm³/mol. The Kier molecular flexibility index (Phi) is 3.35. The van der Waals surface area contributed by atoms with Crippen molar-refractivity contribution < 1.29 is 13.2 Å². The number of benzene rings is 1. The van der Waals surface area contributed by atoms with Gasteiger partial charge in [-0.15, -0.1) is 0 Å². The molecule has 0 atom stereocenters. The second kappa shape index (κ2) is 4.34. The predicted octanol–water partition coefficient (Wildman–Crippen LogP) is 4.21. The molecule has 1 aromatic rings. The molecule has 0 fully saturated rings. The highest BCUT2D eigenvalue weighted by molar-refractivity contribution is 5.57. The first-order valence-electron chi connectivity index (χ1n) is 4.41. The standard InChI is InChI=1S/C12H11F3/c1-9(10(2)12(13,14)15)8-11-6-4-3-5-7-11/h3-8H,2H2,1H3/b9-8+. The van der Waals surface area contributed by atoms with Crippen LogP contribution in [0.15, 0.2) is 48.1 Å². The summed E-state index contributed by atoms with van der Waals surface area (Å²) in [5.74, 6) is 0. The van der Waals surface area contributed by atoms with Crippen LogP contribution in [0.1, 0.15) is 12.5 Å². The van der Waals surface area contributed by atoms with Crippen LogP contribution in [0.4, 0.5) is 13.2 Å². The maximum absolute atomic E-state index is 12.3. The zero-order chi connectivity index (χ0) is 11.5. The Morgan fingerprint density at radius 1 is 1.20 bits per heavy atom. The quantitative estimate of drug-likeness (QED) is 0.644. The second-order valence-electron chi connectivity index (χ2n) is 3.21. The SMILES string of the molecule is C=C(/C(C)=C/c1ccccc1)C(F)(F)F. The summed E-state index contributed by atoms with van der Waals surface area (Å²) in [5.41, 5.74) is 0.0699. The van der Waals surface area contributed by atoms with E-state index in [2.05, 4.69) is 6.58 Å². The van der Waals surface area contributed by atoms with E-state index in [-0.39, 0.29) is 5.57 Å². The molecule has 0 radical (unpaired) electrons. The minimum atomic E-state index is -4.35. The van der Waals surface area contributed by atoms with E-state index in [4.69, 9.17) is 0 Å². The molecule has 0 aliphatic rings. The molecule has 0 amide bonds. The highest BCUT2D eigenvalue weighted by Crippen LogP contribution is 2.30. The number of rotatable bonds is 2. The Bertz CT molecular complexity index is 372. The molecule has 0 nitrogen and oxygen atoms in total. The lowest BCUT2D eigenvalue weighted by atomic mass is 10.1. The molecular formula is C12H11F3. The topological polar surface area (TPSA) is 0 Å². The fourth-order valence-electron chi connectivity index (χ4n) is 1.11. The van der Waals surface area contributed by atoms with Gasteiger partial charge in [-0.05, 0) is 18.1 Å². The zero-order valence-electron chi connectivity index (χ0n) is 8.31. The number of alkyl halides is 3. The summed E-state index contributed by atoms with van der Waals surface area (Å²) in [4.78, 5) is 0. The van der Waals surface area contributed by atoms with E-state index in [1.54, 1.807) is 24.3 Å². The van der Waals surface area contributed by atoms with Crippen LogP contribution in [-0.4, -0.2) is 6.18 Å². The average molecular weight is 212 g/mol. The molecule has 0 spiro atoms. The van der Waals surface area contributed by atoms with E-state index in [0.29, 0.717) is 0 Å². The Morgan fingerprint density at radius 3 is 2.20 bits per heavy atom. The van der Waals surface area contributed by atoms with E-state index in [0.717, 1.165) is 5.56 Å². The molecule has 1 aromatic carbocycles. The summed E-state index contributed by atoms with van der Waals surface area (Å²) < 4.78 is 36.8. The maximum atomic E-state index is 12.3. The second-order valence-corrected chi connectivity index (χ2v) is 3.21. The molecule has 0 aliphatic heterocycles. The van der Waals surface area contributed by atoms with Crippen molar-refractivity contribution in [3.63, 3.8) is 0 Å². The molecule has 0 saturated carbocycles. The lowest BCUT2D eigenvalue weighted by molar-refractivity contribution is -0.0888. The molecule has 0 heterocycles. The highest BCUT2D eigenvalue weighted by Gasteiger charge is 2.32. The normalized spacial score (nSPS) is 12.7. The van der Waals surface area contributed by atoms with Gasteiger partial charge in [0.1, 0.15) is 0 Å².